The minimum Gasteiger partial charge on any atom is -0.494 e. The van der Waals surface area contributed by atoms with Crippen LogP contribution in [0.3, 0.4) is 0 Å². The number of amides is 4. The average molecular weight is 745 g/mol. The van der Waals surface area contributed by atoms with Gasteiger partial charge >= 0.3 is 0 Å². The van der Waals surface area contributed by atoms with Crippen molar-refractivity contribution in [2.24, 2.45) is 0 Å². The standard InChI is InChI=1S/C42H44N6O7/c1-4-42(29-9-14-33(15-10-29)55-26-31-20-22-43-38(44-31)27(3)53-5-2)21-19-28-7-12-32(13-8-28)54-24-6-23-47(42)46-30-11-16-34-35(25-30)41(52)48(40(34)51)36-17-18-37(49)45-39(36)50/h7-16,20,22,25,36,46H,3-6,17-19,21,23-24,26H2,1-2H3,(H,45,49,50). The summed E-state index contributed by atoms with van der Waals surface area (Å²) in [5.41, 5.74) is 7.09. The highest BCUT2D eigenvalue weighted by atomic mass is 16.5. The number of hydrogen-bond acceptors (Lipinski definition) is 11. The number of benzene rings is 3. The van der Waals surface area contributed by atoms with Crippen molar-refractivity contribution >= 4 is 35.1 Å². The molecular weight excluding hydrogens is 700 g/mol. The molecule has 4 aliphatic rings. The van der Waals surface area contributed by atoms with E-state index < -0.39 is 35.2 Å². The van der Waals surface area contributed by atoms with Gasteiger partial charge in [0.1, 0.15) is 24.1 Å². The summed E-state index contributed by atoms with van der Waals surface area (Å²) in [6.45, 7) is 9.74. The largest absolute Gasteiger partial charge is 0.494 e. The molecule has 2 N–H and O–H groups in total. The highest BCUT2D eigenvalue weighted by Gasteiger charge is 2.45. The summed E-state index contributed by atoms with van der Waals surface area (Å²) in [6.07, 6.45) is 4.78. The summed E-state index contributed by atoms with van der Waals surface area (Å²) in [5, 5.41) is 4.47. The van der Waals surface area contributed by atoms with Gasteiger partial charge in [0.15, 0.2) is 11.6 Å². The summed E-state index contributed by atoms with van der Waals surface area (Å²) in [4.78, 5) is 61.3. The summed E-state index contributed by atoms with van der Waals surface area (Å²) in [5.74, 6) is 0.167. The molecule has 13 heteroatoms. The van der Waals surface area contributed by atoms with E-state index in [-0.39, 0.29) is 30.6 Å². The highest BCUT2D eigenvalue weighted by Crippen LogP contribution is 2.39. The van der Waals surface area contributed by atoms with E-state index in [1.807, 2.05) is 31.2 Å². The molecule has 4 aliphatic heterocycles. The normalized spacial score (nSPS) is 20.2. The Morgan fingerprint density at radius 2 is 1.76 bits per heavy atom. The number of hydrazine groups is 1. The molecule has 8 rings (SSSR count). The number of rotatable bonds is 11. The Morgan fingerprint density at radius 3 is 2.51 bits per heavy atom. The van der Waals surface area contributed by atoms with Gasteiger partial charge in [-0.15, -0.1) is 0 Å². The van der Waals surface area contributed by atoms with Crippen LogP contribution in [-0.4, -0.2) is 69.3 Å². The molecule has 4 amide bonds. The molecule has 5 heterocycles. The van der Waals surface area contributed by atoms with Gasteiger partial charge in [-0.25, -0.2) is 15.0 Å². The number of piperidine rings is 1. The molecule has 1 fully saturated rings. The van der Waals surface area contributed by atoms with Crippen molar-refractivity contribution in [1.29, 1.82) is 0 Å². The lowest BCUT2D eigenvalue weighted by Gasteiger charge is -2.45. The first-order valence-electron chi connectivity index (χ1n) is 18.7. The fraction of sp³-hybridized carbons (Fsp3) is 0.333. The number of aryl methyl sites for hydroxylation is 1. The van der Waals surface area contributed by atoms with Gasteiger partial charge in [-0.1, -0.05) is 37.8 Å². The van der Waals surface area contributed by atoms with E-state index in [1.54, 1.807) is 30.5 Å². The third-order valence-corrected chi connectivity index (χ3v) is 10.4. The summed E-state index contributed by atoms with van der Waals surface area (Å²) in [7, 11) is 0. The van der Waals surface area contributed by atoms with Crippen LogP contribution in [0.1, 0.15) is 89.3 Å². The Labute approximate surface area is 319 Å². The lowest BCUT2D eigenvalue weighted by Crippen LogP contribution is -2.54. The van der Waals surface area contributed by atoms with Gasteiger partial charge in [0, 0.05) is 24.8 Å². The maximum atomic E-state index is 13.7. The molecule has 284 valence electrons. The van der Waals surface area contributed by atoms with Gasteiger partial charge < -0.3 is 19.6 Å². The first-order valence-corrected chi connectivity index (χ1v) is 18.7. The first kappa shape index (κ1) is 37.2. The van der Waals surface area contributed by atoms with Gasteiger partial charge in [0.2, 0.25) is 11.8 Å². The van der Waals surface area contributed by atoms with E-state index in [0.717, 1.165) is 35.5 Å². The molecule has 2 bridgehead atoms. The molecule has 0 spiro atoms. The van der Waals surface area contributed by atoms with Crippen molar-refractivity contribution in [3.63, 3.8) is 0 Å². The van der Waals surface area contributed by atoms with Crippen molar-refractivity contribution in [2.45, 2.75) is 70.6 Å². The number of aromatic nitrogens is 2. The zero-order valence-corrected chi connectivity index (χ0v) is 31.0. The number of imide groups is 2. The van der Waals surface area contributed by atoms with Crippen LogP contribution >= 0.6 is 0 Å². The van der Waals surface area contributed by atoms with E-state index in [0.29, 0.717) is 54.9 Å². The molecule has 1 aromatic heterocycles. The van der Waals surface area contributed by atoms with Crippen LogP contribution in [0.5, 0.6) is 11.5 Å². The predicted molar refractivity (Wildman–Crippen MR) is 204 cm³/mol. The van der Waals surface area contributed by atoms with Crippen LogP contribution in [-0.2, 0) is 32.9 Å². The van der Waals surface area contributed by atoms with Crippen LogP contribution in [0, 0.1) is 0 Å². The first-order chi connectivity index (χ1) is 26.7. The Morgan fingerprint density at radius 1 is 0.982 bits per heavy atom. The molecule has 3 aromatic carbocycles. The third-order valence-electron chi connectivity index (χ3n) is 10.4. The summed E-state index contributed by atoms with van der Waals surface area (Å²) < 4.78 is 17.7. The number of carbonyl (C=O) groups excluding carboxylic acids is 4. The molecule has 2 atom stereocenters. The van der Waals surface area contributed by atoms with Crippen molar-refractivity contribution < 1.29 is 33.4 Å². The molecule has 0 aliphatic carbocycles. The molecule has 13 nitrogen and oxygen atoms in total. The minimum atomic E-state index is -1.04. The maximum absolute atomic E-state index is 13.7. The van der Waals surface area contributed by atoms with E-state index in [2.05, 4.69) is 63.5 Å². The number of hydrogen-bond donors (Lipinski definition) is 2. The Balaban J connectivity index is 1.16. The number of nitrogens with one attached hydrogen (secondary N) is 2. The Bertz CT molecular complexity index is 2100. The topological polar surface area (TPSA) is 152 Å². The molecule has 1 saturated heterocycles. The van der Waals surface area contributed by atoms with Crippen molar-refractivity contribution in [3.8, 4) is 11.5 Å². The predicted octanol–water partition coefficient (Wildman–Crippen LogP) is 5.81. The fourth-order valence-electron chi connectivity index (χ4n) is 7.46. The second-order valence-electron chi connectivity index (χ2n) is 13.7. The smallest absolute Gasteiger partial charge is 0.262 e. The molecule has 0 radical (unpaired) electrons. The van der Waals surface area contributed by atoms with Crippen LogP contribution in [0.15, 0.2) is 85.6 Å². The van der Waals surface area contributed by atoms with Crippen LogP contribution in [0.4, 0.5) is 5.69 Å². The summed E-state index contributed by atoms with van der Waals surface area (Å²) in [6, 6.07) is 22.2. The van der Waals surface area contributed by atoms with Crippen molar-refractivity contribution in [1.82, 2.24) is 25.2 Å². The van der Waals surface area contributed by atoms with Crippen LogP contribution < -0.4 is 20.2 Å². The molecule has 55 heavy (non-hydrogen) atoms. The Hall–Kier alpha value is -6.08. The highest BCUT2D eigenvalue weighted by molar-refractivity contribution is 6.23. The van der Waals surface area contributed by atoms with Gasteiger partial charge in [-0.3, -0.25) is 29.4 Å². The zero-order chi connectivity index (χ0) is 38.5. The van der Waals surface area contributed by atoms with Gasteiger partial charge in [0.05, 0.1) is 35.6 Å². The summed E-state index contributed by atoms with van der Waals surface area (Å²) >= 11 is 0. The lowest BCUT2D eigenvalue weighted by molar-refractivity contribution is -0.136. The Kier molecular flexibility index (Phi) is 10.9. The average Bonchev–Trinajstić information content (AvgIpc) is 3.44. The van der Waals surface area contributed by atoms with Crippen molar-refractivity contribution in [3.05, 3.63) is 119 Å². The van der Waals surface area contributed by atoms with Gasteiger partial charge in [-0.2, -0.15) is 0 Å². The van der Waals surface area contributed by atoms with Crippen LogP contribution in [0.2, 0.25) is 0 Å². The van der Waals surface area contributed by atoms with Gasteiger partial charge in [-0.05, 0) is 98.7 Å². The van der Waals surface area contributed by atoms with Crippen molar-refractivity contribution in [2.75, 3.05) is 25.2 Å². The zero-order valence-electron chi connectivity index (χ0n) is 31.0. The number of nitrogens with zero attached hydrogens (tertiary/aromatic N) is 4. The number of ether oxygens (including phenoxy) is 3. The SMILES string of the molecule is C=C(OCC)c1nccc(COc2ccc(C3(CC)CCc4ccc(cc4)OCCCN3Nc3ccc4c(c3)C(=O)N(C3CCC(=O)NC3=O)C4=O)cc2)n1. The third kappa shape index (κ3) is 7.79. The molecule has 4 aromatic rings. The van der Waals surface area contributed by atoms with Gasteiger partial charge in [0.25, 0.3) is 11.8 Å². The van der Waals surface area contributed by atoms with Crippen LogP contribution in [0.25, 0.3) is 5.76 Å². The van der Waals surface area contributed by atoms with E-state index in [4.69, 9.17) is 14.2 Å². The number of carbonyl (C=O) groups is 4. The lowest BCUT2D eigenvalue weighted by atomic mass is 9.81. The monoisotopic (exact) mass is 744 g/mol. The molecular formula is C42H44N6O7. The second kappa shape index (κ2) is 16.1. The van der Waals surface area contributed by atoms with E-state index in [1.165, 1.54) is 5.56 Å². The minimum absolute atomic E-state index is 0.0553. The molecule has 0 saturated carbocycles. The van der Waals surface area contributed by atoms with E-state index in [9.17, 15) is 19.2 Å². The maximum Gasteiger partial charge on any atom is 0.262 e. The quantitative estimate of drug-likeness (QED) is 0.141. The van der Waals surface area contributed by atoms with E-state index >= 15 is 0 Å². The second-order valence-corrected chi connectivity index (χ2v) is 13.7. The number of anilines is 1. The number of fused-ring (bicyclic) bond motifs is 10. The fourth-order valence-corrected chi connectivity index (χ4v) is 7.46. The molecule has 2 unspecified atom stereocenters.